The summed E-state index contributed by atoms with van der Waals surface area (Å²) in [7, 11) is 0. The van der Waals surface area contributed by atoms with Crippen molar-refractivity contribution >= 4 is 16.7 Å². The van der Waals surface area contributed by atoms with Crippen molar-refractivity contribution in [3.8, 4) is 5.69 Å². The maximum atomic E-state index is 12.8. The second-order valence-electron chi connectivity index (χ2n) is 6.29. The number of amides is 1. The fourth-order valence-corrected chi connectivity index (χ4v) is 3.20. The normalized spacial score (nSPS) is 16.7. The molecule has 26 heavy (non-hydrogen) atoms. The summed E-state index contributed by atoms with van der Waals surface area (Å²) in [6.45, 7) is 1.18. The summed E-state index contributed by atoms with van der Waals surface area (Å²) in [6.07, 6.45) is 2.00. The predicted octanol–water partition coefficient (Wildman–Crippen LogP) is 2.29. The number of nitrogens with one attached hydrogen (secondary N) is 1. The smallest absolute Gasteiger partial charge is 0.279 e. The molecular weight excluding hydrogens is 330 g/mol. The number of carbonyl (C=O) groups is 1. The number of ether oxygens (including phenoxy) is 1. The average molecular weight is 349 g/mol. The van der Waals surface area contributed by atoms with Crippen molar-refractivity contribution in [1.29, 1.82) is 0 Å². The summed E-state index contributed by atoms with van der Waals surface area (Å²) >= 11 is 0. The molecule has 3 aromatic rings. The van der Waals surface area contributed by atoms with Gasteiger partial charge in [0.1, 0.15) is 0 Å². The third-order valence-corrected chi connectivity index (χ3v) is 4.54. The van der Waals surface area contributed by atoms with Crippen LogP contribution in [0.1, 0.15) is 23.3 Å². The molecule has 1 aromatic heterocycles. The molecule has 1 fully saturated rings. The van der Waals surface area contributed by atoms with Gasteiger partial charge in [0.2, 0.25) is 0 Å². The first-order chi connectivity index (χ1) is 12.7. The summed E-state index contributed by atoms with van der Waals surface area (Å²) in [5, 5.41) is 8.27. The van der Waals surface area contributed by atoms with Crippen LogP contribution in [0.4, 0.5) is 0 Å². The molecule has 0 saturated carbocycles. The van der Waals surface area contributed by atoms with E-state index in [0.717, 1.165) is 19.4 Å². The number of rotatable bonds is 4. The Balaban J connectivity index is 1.76. The zero-order valence-electron chi connectivity index (χ0n) is 14.2. The second-order valence-corrected chi connectivity index (χ2v) is 6.29. The van der Waals surface area contributed by atoms with E-state index in [1.165, 1.54) is 4.68 Å². The number of hydrogen-bond donors (Lipinski definition) is 1. The van der Waals surface area contributed by atoms with Crippen LogP contribution in [0.3, 0.4) is 0 Å². The van der Waals surface area contributed by atoms with Crippen LogP contribution in [0.15, 0.2) is 59.4 Å². The van der Waals surface area contributed by atoms with Crippen molar-refractivity contribution in [2.24, 2.45) is 0 Å². The Morgan fingerprint density at radius 1 is 1.12 bits per heavy atom. The van der Waals surface area contributed by atoms with Crippen molar-refractivity contribution in [2.75, 3.05) is 13.2 Å². The SMILES string of the molecule is O=C(NC[C@H]1CCCO1)c1nn(-c2ccccc2)c(=O)c2ccccc12. The van der Waals surface area contributed by atoms with Gasteiger partial charge in [0.05, 0.1) is 17.2 Å². The van der Waals surface area contributed by atoms with E-state index in [1.807, 2.05) is 18.2 Å². The molecule has 0 unspecified atom stereocenters. The number of nitrogens with zero attached hydrogens (tertiary/aromatic N) is 2. The van der Waals surface area contributed by atoms with Gasteiger partial charge in [0.25, 0.3) is 11.5 Å². The largest absolute Gasteiger partial charge is 0.376 e. The first-order valence-electron chi connectivity index (χ1n) is 8.71. The number of aromatic nitrogens is 2. The van der Waals surface area contributed by atoms with E-state index < -0.39 is 0 Å². The zero-order chi connectivity index (χ0) is 17.9. The first kappa shape index (κ1) is 16.5. The maximum absolute atomic E-state index is 12.8. The van der Waals surface area contributed by atoms with E-state index in [-0.39, 0.29) is 23.3 Å². The molecule has 1 aliphatic heterocycles. The Morgan fingerprint density at radius 2 is 1.85 bits per heavy atom. The quantitative estimate of drug-likeness (QED) is 0.784. The molecule has 1 N–H and O–H groups in total. The van der Waals surface area contributed by atoms with Gasteiger partial charge in [-0.15, -0.1) is 0 Å². The number of benzene rings is 2. The zero-order valence-corrected chi connectivity index (χ0v) is 14.2. The Kier molecular flexibility index (Phi) is 4.50. The molecule has 2 heterocycles. The van der Waals surface area contributed by atoms with E-state index in [4.69, 9.17) is 4.74 Å². The maximum Gasteiger partial charge on any atom is 0.279 e. The van der Waals surface area contributed by atoms with Crippen LogP contribution in [0.5, 0.6) is 0 Å². The summed E-state index contributed by atoms with van der Waals surface area (Å²) in [5.41, 5.74) is 0.612. The van der Waals surface area contributed by atoms with E-state index >= 15 is 0 Å². The van der Waals surface area contributed by atoms with Gasteiger partial charge in [-0.3, -0.25) is 9.59 Å². The van der Waals surface area contributed by atoms with Crippen LogP contribution in [0, 0.1) is 0 Å². The molecule has 6 nitrogen and oxygen atoms in total. The third kappa shape index (κ3) is 3.11. The van der Waals surface area contributed by atoms with Gasteiger partial charge in [-0.1, -0.05) is 36.4 Å². The van der Waals surface area contributed by atoms with Crippen LogP contribution in [0.2, 0.25) is 0 Å². The number of fused-ring (bicyclic) bond motifs is 1. The standard InChI is InChI=1S/C20H19N3O3/c24-19(21-13-15-9-6-12-26-15)18-16-10-4-5-11-17(16)20(25)23(22-18)14-7-2-1-3-8-14/h1-5,7-8,10-11,15H,6,9,12-13H2,(H,21,24)/t15-/m1/s1. The predicted molar refractivity (Wildman–Crippen MR) is 98.6 cm³/mol. The van der Waals surface area contributed by atoms with Gasteiger partial charge >= 0.3 is 0 Å². The molecule has 0 aliphatic carbocycles. The van der Waals surface area contributed by atoms with Crippen LogP contribution >= 0.6 is 0 Å². The molecule has 1 amide bonds. The summed E-state index contributed by atoms with van der Waals surface area (Å²) in [5.74, 6) is -0.304. The Labute approximate surface area is 150 Å². The van der Waals surface area contributed by atoms with E-state index in [1.54, 1.807) is 36.4 Å². The van der Waals surface area contributed by atoms with Crippen LogP contribution in [-0.2, 0) is 4.74 Å². The molecule has 1 atom stereocenters. The van der Waals surface area contributed by atoms with Crippen molar-refractivity contribution in [1.82, 2.24) is 15.1 Å². The number of hydrogen-bond acceptors (Lipinski definition) is 4. The second kappa shape index (κ2) is 7.09. The van der Waals surface area contributed by atoms with Gasteiger partial charge < -0.3 is 10.1 Å². The minimum atomic E-state index is -0.304. The van der Waals surface area contributed by atoms with Gasteiger partial charge in [-0.05, 0) is 31.0 Å². The molecule has 1 aliphatic rings. The lowest BCUT2D eigenvalue weighted by molar-refractivity contribution is 0.0854. The van der Waals surface area contributed by atoms with E-state index in [0.29, 0.717) is 23.0 Å². The third-order valence-electron chi connectivity index (χ3n) is 4.54. The fraction of sp³-hybridized carbons (Fsp3) is 0.250. The minimum Gasteiger partial charge on any atom is -0.376 e. The average Bonchev–Trinajstić information content (AvgIpc) is 3.21. The summed E-state index contributed by atoms with van der Waals surface area (Å²) in [6, 6.07) is 16.2. The minimum absolute atomic E-state index is 0.0465. The molecule has 6 heteroatoms. The van der Waals surface area contributed by atoms with Gasteiger partial charge in [0.15, 0.2) is 5.69 Å². The first-order valence-corrected chi connectivity index (χ1v) is 8.71. The Hall–Kier alpha value is -2.99. The Bertz CT molecular complexity index is 992. The number of carbonyl (C=O) groups excluding carboxylic acids is 1. The van der Waals surface area contributed by atoms with E-state index in [2.05, 4.69) is 10.4 Å². The molecule has 132 valence electrons. The molecule has 0 radical (unpaired) electrons. The topological polar surface area (TPSA) is 73.2 Å². The fourth-order valence-electron chi connectivity index (χ4n) is 3.20. The number of para-hydroxylation sites is 1. The molecule has 0 bridgehead atoms. The monoisotopic (exact) mass is 349 g/mol. The van der Waals surface area contributed by atoms with Crippen molar-refractivity contribution < 1.29 is 9.53 Å². The molecule has 2 aromatic carbocycles. The lowest BCUT2D eigenvalue weighted by Gasteiger charge is -2.13. The lowest BCUT2D eigenvalue weighted by Crippen LogP contribution is -2.34. The lowest BCUT2D eigenvalue weighted by atomic mass is 10.1. The summed E-state index contributed by atoms with van der Waals surface area (Å²) in [4.78, 5) is 25.6. The highest BCUT2D eigenvalue weighted by Crippen LogP contribution is 2.16. The van der Waals surface area contributed by atoms with Crippen molar-refractivity contribution in [3.05, 3.63) is 70.6 Å². The highest BCUT2D eigenvalue weighted by molar-refractivity contribution is 6.04. The van der Waals surface area contributed by atoms with Crippen LogP contribution in [-0.4, -0.2) is 34.9 Å². The Morgan fingerprint density at radius 3 is 2.58 bits per heavy atom. The summed E-state index contributed by atoms with van der Waals surface area (Å²) < 4.78 is 6.83. The van der Waals surface area contributed by atoms with Crippen molar-refractivity contribution in [2.45, 2.75) is 18.9 Å². The van der Waals surface area contributed by atoms with Gasteiger partial charge in [-0.2, -0.15) is 9.78 Å². The van der Waals surface area contributed by atoms with Crippen LogP contribution < -0.4 is 10.9 Å². The van der Waals surface area contributed by atoms with Gasteiger partial charge in [0, 0.05) is 18.5 Å². The highest BCUT2D eigenvalue weighted by Gasteiger charge is 2.20. The van der Waals surface area contributed by atoms with Gasteiger partial charge in [-0.25, -0.2) is 0 Å². The molecule has 4 rings (SSSR count). The van der Waals surface area contributed by atoms with Crippen LogP contribution in [0.25, 0.3) is 16.5 Å². The van der Waals surface area contributed by atoms with E-state index in [9.17, 15) is 9.59 Å². The molecule has 1 saturated heterocycles. The highest BCUT2D eigenvalue weighted by atomic mass is 16.5. The molecular formula is C20H19N3O3. The van der Waals surface area contributed by atoms with Crippen molar-refractivity contribution in [3.63, 3.8) is 0 Å². The molecule has 0 spiro atoms.